The minimum Gasteiger partial charge on any atom is -0.508 e. The van der Waals surface area contributed by atoms with E-state index in [4.69, 9.17) is 0 Å². The molecule has 0 aliphatic rings. The highest BCUT2D eigenvalue weighted by Gasteiger charge is 2.01. The molecule has 18 heavy (non-hydrogen) atoms. The minimum atomic E-state index is -0.423. The molecule has 0 heterocycles. The van der Waals surface area contributed by atoms with Crippen LogP contribution < -0.4 is 5.32 Å². The number of benzene rings is 2. The van der Waals surface area contributed by atoms with Crippen molar-refractivity contribution in [2.45, 2.75) is 13.1 Å². The molecule has 0 aliphatic carbocycles. The molecule has 2 nitrogen and oxygen atoms in total. The van der Waals surface area contributed by atoms with Gasteiger partial charge in [-0.2, -0.15) is 0 Å². The molecule has 0 unspecified atom stereocenters. The summed E-state index contributed by atoms with van der Waals surface area (Å²) >= 11 is 3.47. The van der Waals surface area contributed by atoms with Crippen LogP contribution in [0, 0.1) is 5.82 Å². The first kappa shape index (κ1) is 13.1. The third-order valence-electron chi connectivity index (χ3n) is 2.54. The Morgan fingerprint density at radius 3 is 2.61 bits per heavy atom. The first-order chi connectivity index (χ1) is 8.65. The summed E-state index contributed by atoms with van der Waals surface area (Å²) < 4.78 is 14.1. The highest BCUT2D eigenvalue weighted by atomic mass is 79.9. The van der Waals surface area contributed by atoms with Crippen molar-refractivity contribution in [3.63, 3.8) is 0 Å². The summed E-state index contributed by atoms with van der Waals surface area (Å²) in [6, 6.07) is 12.0. The van der Waals surface area contributed by atoms with Gasteiger partial charge in [0.1, 0.15) is 11.6 Å². The van der Waals surface area contributed by atoms with Gasteiger partial charge in [0, 0.05) is 23.6 Å². The van der Waals surface area contributed by atoms with Crippen LogP contribution in [0.25, 0.3) is 0 Å². The van der Waals surface area contributed by atoms with Crippen LogP contribution in [0.4, 0.5) is 4.39 Å². The molecule has 2 rings (SSSR count). The van der Waals surface area contributed by atoms with Gasteiger partial charge < -0.3 is 10.4 Å². The van der Waals surface area contributed by atoms with Crippen LogP contribution in [-0.2, 0) is 13.1 Å². The highest BCUT2D eigenvalue weighted by Crippen LogP contribution is 2.17. The summed E-state index contributed by atoms with van der Waals surface area (Å²) in [5, 5.41) is 12.5. The average molecular weight is 310 g/mol. The Labute approximate surface area is 114 Å². The Kier molecular flexibility index (Phi) is 4.33. The molecular weight excluding hydrogens is 297 g/mol. The molecule has 2 aromatic rings. The van der Waals surface area contributed by atoms with E-state index in [-0.39, 0.29) is 5.75 Å². The van der Waals surface area contributed by atoms with Gasteiger partial charge in [0.25, 0.3) is 0 Å². The number of hydrogen-bond acceptors (Lipinski definition) is 2. The molecule has 0 aromatic heterocycles. The van der Waals surface area contributed by atoms with Crippen LogP contribution in [0.1, 0.15) is 11.1 Å². The molecule has 0 fully saturated rings. The Hall–Kier alpha value is -1.39. The third-order valence-corrected chi connectivity index (χ3v) is 3.32. The van der Waals surface area contributed by atoms with Crippen LogP contribution >= 0.6 is 15.9 Å². The van der Waals surface area contributed by atoms with Crippen molar-refractivity contribution in [3.8, 4) is 5.75 Å². The van der Waals surface area contributed by atoms with Crippen molar-refractivity contribution in [1.29, 1.82) is 0 Å². The zero-order chi connectivity index (χ0) is 13.0. The summed E-state index contributed by atoms with van der Waals surface area (Å²) in [5.74, 6) is -0.472. The number of rotatable bonds is 4. The van der Waals surface area contributed by atoms with E-state index >= 15 is 0 Å². The maximum atomic E-state index is 13.0. The monoisotopic (exact) mass is 309 g/mol. The Morgan fingerprint density at radius 2 is 1.89 bits per heavy atom. The van der Waals surface area contributed by atoms with Crippen LogP contribution in [-0.4, -0.2) is 5.11 Å². The lowest BCUT2D eigenvalue weighted by molar-refractivity contribution is 0.467. The minimum absolute atomic E-state index is 0.0484. The largest absolute Gasteiger partial charge is 0.508 e. The fourth-order valence-corrected chi connectivity index (χ4v) is 2.14. The lowest BCUT2D eigenvalue weighted by Crippen LogP contribution is -2.13. The molecule has 0 radical (unpaired) electrons. The van der Waals surface area contributed by atoms with Crippen LogP contribution in [0.3, 0.4) is 0 Å². The van der Waals surface area contributed by atoms with Gasteiger partial charge in [-0.1, -0.05) is 34.1 Å². The van der Waals surface area contributed by atoms with E-state index in [1.807, 2.05) is 24.3 Å². The first-order valence-corrected chi connectivity index (χ1v) is 6.37. The first-order valence-electron chi connectivity index (χ1n) is 5.58. The third kappa shape index (κ3) is 3.55. The summed E-state index contributed by atoms with van der Waals surface area (Å²) in [4.78, 5) is 0. The SMILES string of the molecule is Oc1cc(F)cc(CNCc2ccccc2Br)c1. The fourth-order valence-electron chi connectivity index (χ4n) is 1.72. The fraction of sp³-hybridized carbons (Fsp3) is 0.143. The standard InChI is InChI=1S/C14H13BrFNO/c15-14-4-2-1-3-11(14)9-17-8-10-5-12(16)7-13(18)6-10/h1-7,17-18H,8-9H2. The maximum absolute atomic E-state index is 13.0. The molecule has 0 aliphatic heterocycles. The molecule has 2 N–H and O–H groups in total. The van der Waals surface area contributed by atoms with Crippen molar-refractivity contribution in [2.24, 2.45) is 0 Å². The summed E-state index contributed by atoms with van der Waals surface area (Å²) in [7, 11) is 0. The van der Waals surface area contributed by atoms with Gasteiger partial charge in [-0.25, -0.2) is 4.39 Å². The van der Waals surface area contributed by atoms with Gasteiger partial charge in [0.2, 0.25) is 0 Å². The number of phenolic OH excluding ortho intramolecular Hbond substituents is 1. The molecule has 0 atom stereocenters. The second-order valence-electron chi connectivity index (χ2n) is 4.01. The normalized spacial score (nSPS) is 10.6. The van der Waals surface area contributed by atoms with Crippen molar-refractivity contribution in [2.75, 3.05) is 0 Å². The van der Waals surface area contributed by atoms with Crippen LogP contribution in [0.2, 0.25) is 0 Å². The molecular formula is C14H13BrFNO. The topological polar surface area (TPSA) is 32.3 Å². The van der Waals surface area contributed by atoms with Gasteiger partial charge in [-0.3, -0.25) is 0 Å². The van der Waals surface area contributed by atoms with Crippen molar-refractivity contribution >= 4 is 15.9 Å². The van der Waals surface area contributed by atoms with Crippen molar-refractivity contribution in [3.05, 3.63) is 63.9 Å². The smallest absolute Gasteiger partial charge is 0.127 e. The number of nitrogens with one attached hydrogen (secondary N) is 1. The van der Waals surface area contributed by atoms with Crippen molar-refractivity contribution < 1.29 is 9.50 Å². The molecule has 0 amide bonds. The summed E-state index contributed by atoms with van der Waals surface area (Å²) in [6.07, 6.45) is 0. The second kappa shape index (κ2) is 5.98. The van der Waals surface area contributed by atoms with Gasteiger partial charge in [0.15, 0.2) is 0 Å². The lowest BCUT2D eigenvalue weighted by Gasteiger charge is -2.07. The summed E-state index contributed by atoms with van der Waals surface area (Å²) in [5.41, 5.74) is 1.86. The number of halogens is 2. The van der Waals surface area contributed by atoms with Gasteiger partial charge >= 0.3 is 0 Å². The number of aromatic hydroxyl groups is 1. The zero-order valence-corrected chi connectivity index (χ0v) is 11.2. The van der Waals surface area contributed by atoms with E-state index in [1.54, 1.807) is 6.07 Å². The Bertz CT molecular complexity index is 525. The Morgan fingerprint density at radius 1 is 1.11 bits per heavy atom. The van der Waals surface area contributed by atoms with E-state index < -0.39 is 5.82 Å². The molecule has 0 saturated heterocycles. The summed E-state index contributed by atoms with van der Waals surface area (Å²) in [6.45, 7) is 1.19. The molecule has 0 spiro atoms. The van der Waals surface area contributed by atoms with Gasteiger partial charge in [-0.05, 0) is 29.3 Å². The van der Waals surface area contributed by atoms with E-state index in [0.29, 0.717) is 13.1 Å². The van der Waals surface area contributed by atoms with E-state index in [9.17, 15) is 9.50 Å². The van der Waals surface area contributed by atoms with Gasteiger partial charge in [0.05, 0.1) is 0 Å². The molecule has 2 aromatic carbocycles. The van der Waals surface area contributed by atoms with E-state index in [1.165, 1.54) is 6.07 Å². The number of phenols is 1. The zero-order valence-electron chi connectivity index (χ0n) is 9.66. The number of hydrogen-bond donors (Lipinski definition) is 2. The van der Waals surface area contributed by atoms with Crippen molar-refractivity contribution in [1.82, 2.24) is 5.32 Å². The average Bonchev–Trinajstić information content (AvgIpc) is 2.30. The predicted molar refractivity (Wildman–Crippen MR) is 72.8 cm³/mol. The van der Waals surface area contributed by atoms with Gasteiger partial charge in [-0.15, -0.1) is 0 Å². The molecule has 4 heteroatoms. The molecule has 0 bridgehead atoms. The van der Waals surface area contributed by atoms with Crippen LogP contribution in [0.15, 0.2) is 46.9 Å². The predicted octanol–water partition coefficient (Wildman–Crippen LogP) is 3.58. The quantitative estimate of drug-likeness (QED) is 0.904. The highest BCUT2D eigenvalue weighted by molar-refractivity contribution is 9.10. The van der Waals surface area contributed by atoms with E-state index in [0.717, 1.165) is 21.7 Å². The second-order valence-corrected chi connectivity index (χ2v) is 4.87. The van der Waals surface area contributed by atoms with Crippen LogP contribution in [0.5, 0.6) is 5.75 Å². The maximum Gasteiger partial charge on any atom is 0.127 e. The van der Waals surface area contributed by atoms with E-state index in [2.05, 4.69) is 21.2 Å². The molecule has 0 saturated carbocycles. The Balaban J connectivity index is 1.94. The lowest BCUT2D eigenvalue weighted by atomic mass is 10.2. The molecule has 94 valence electrons.